The molecule has 0 atom stereocenters. The van der Waals surface area contributed by atoms with Gasteiger partial charge in [-0.2, -0.15) is 49.8 Å². The first-order valence-electron chi connectivity index (χ1n) is 47.8. The Morgan fingerprint density at radius 1 is 0.153 bits per heavy atom. The van der Waals surface area contributed by atoms with Crippen molar-refractivity contribution in [1.82, 2.24) is 74.8 Å². The molecule has 0 saturated carbocycles. The molecule has 684 valence electrons. The standard InChI is InChI=1S/C27H16ClN3O.2C25H14ClN3O.2C21H12ClN3O/c28-27-30-25(18-14-15-21-20-11-6-7-13-23(20)32-24(21)16-18)29-26(31-27)22-12-5-4-10-19(22)17-8-2-1-3-9-17;26-25-28-23(16-12-13-19-18-9-3-4-11-21(18)30-22(19)14-16)27-24(29-25)20-10-5-7-15-6-1-2-8-17(15)20;26-25-28-23(17-10-9-15-5-1-2-6-16(15)13-17)27-24(29-25)18-11-12-20-19-7-3-4-8-21(19)30-22(20)14-18;2*22-21-24-19(13-6-2-1-3-7-13)23-20(25-21)14-10-11-16-15-8-4-5-9-17(15)26-18(16)12-14/h1-16H;2*1-14H;2*1-12H/i;;;1D,2D,3D,6D,7D;. The van der Waals surface area contributed by atoms with Gasteiger partial charge in [-0.25, -0.2) is 24.9 Å². The van der Waals surface area contributed by atoms with E-state index >= 15 is 0 Å². The third-order valence-electron chi connectivity index (χ3n) is 24.3. The van der Waals surface area contributed by atoms with Crippen LogP contribution < -0.4 is 0 Å². The zero-order valence-corrected chi connectivity index (χ0v) is 78.8. The van der Waals surface area contributed by atoms with E-state index in [1.165, 1.54) is 0 Å². The first kappa shape index (κ1) is 83.0. The number of nitrogens with zero attached hydrogens (tertiary/aromatic N) is 15. The number of halogens is 5. The number of hydrogen-bond acceptors (Lipinski definition) is 20. The van der Waals surface area contributed by atoms with E-state index in [4.69, 9.17) is 102 Å². The maximum absolute atomic E-state index is 8.16. The van der Waals surface area contributed by atoms with Crippen molar-refractivity contribution in [2.45, 2.75) is 0 Å². The summed E-state index contributed by atoms with van der Waals surface area (Å²) in [7, 11) is 0. The predicted molar refractivity (Wildman–Crippen MR) is 575 cm³/mol. The first-order valence-corrected chi connectivity index (χ1v) is 47.2. The van der Waals surface area contributed by atoms with Gasteiger partial charge in [0.2, 0.25) is 26.4 Å². The molecule has 28 rings (SSSR count). The molecule has 0 radical (unpaired) electrons. The van der Waals surface area contributed by atoms with E-state index in [0.717, 1.165) is 181 Å². The summed E-state index contributed by atoms with van der Waals surface area (Å²) in [4.78, 5) is 66.2. The van der Waals surface area contributed by atoms with E-state index in [9.17, 15) is 0 Å². The Morgan fingerprint density at radius 2 is 0.403 bits per heavy atom. The third-order valence-corrected chi connectivity index (χ3v) is 25.1. The lowest BCUT2D eigenvalue weighted by molar-refractivity contribution is 0.668. The minimum atomic E-state index is -0.491. The highest BCUT2D eigenvalue weighted by molar-refractivity contribution is 6.30. The Kier molecular flexibility index (Phi) is 22.3. The van der Waals surface area contributed by atoms with Gasteiger partial charge in [0.15, 0.2) is 58.2 Å². The number of furan rings is 5. The summed E-state index contributed by atoms with van der Waals surface area (Å²) < 4.78 is 69.7. The van der Waals surface area contributed by atoms with Crippen LogP contribution in [-0.4, -0.2) is 74.8 Å². The first-order chi connectivity index (χ1) is 72.9. The van der Waals surface area contributed by atoms with Gasteiger partial charge in [0.25, 0.3) is 0 Å². The largest absolute Gasteiger partial charge is 0.456 e. The van der Waals surface area contributed by atoms with E-state index in [-0.39, 0.29) is 43.6 Å². The summed E-state index contributed by atoms with van der Waals surface area (Å²) in [5.74, 6) is 4.32. The zero-order chi connectivity index (χ0) is 101. The molecule has 0 saturated heterocycles. The molecule has 18 aromatic carbocycles. The molecule has 0 unspecified atom stereocenters. The molecule has 0 aliphatic heterocycles. The lowest BCUT2D eigenvalue weighted by atomic mass is 9.99. The van der Waals surface area contributed by atoms with Crippen LogP contribution in [0.15, 0.2) is 434 Å². The van der Waals surface area contributed by atoms with Crippen molar-refractivity contribution in [3.63, 3.8) is 0 Å². The van der Waals surface area contributed by atoms with Gasteiger partial charge in [-0.15, -0.1) is 0 Å². The fourth-order valence-corrected chi connectivity index (χ4v) is 18.4. The van der Waals surface area contributed by atoms with Gasteiger partial charge in [-0.05, 0) is 188 Å². The van der Waals surface area contributed by atoms with Gasteiger partial charge >= 0.3 is 0 Å². The van der Waals surface area contributed by atoms with Crippen LogP contribution in [0.4, 0.5) is 0 Å². The van der Waals surface area contributed by atoms with Gasteiger partial charge < -0.3 is 22.1 Å². The molecule has 0 spiro atoms. The number of hydrogen-bond donors (Lipinski definition) is 0. The molecule has 25 heteroatoms. The fraction of sp³-hybridized carbons (Fsp3) is 0. The van der Waals surface area contributed by atoms with Gasteiger partial charge in [0, 0.05) is 109 Å². The van der Waals surface area contributed by atoms with Crippen molar-refractivity contribution in [3.8, 4) is 125 Å². The van der Waals surface area contributed by atoms with Crippen LogP contribution in [0.25, 0.3) is 256 Å². The molecule has 10 aromatic heterocycles. The number of fused-ring (bicyclic) bond motifs is 17. The van der Waals surface area contributed by atoms with Crippen molar-refractivity contribution < 1.29 is 28.9 Å². The van der Waals surface area contributed by atoms with Gasteiger partial charge in [-0.1, -0.05) is 315 Å². The molecule has 0 aliphatic carbocycles. The number of aromatic nitrogens is 15. The normalized spacial score (nSPS) is 11.9. The van der Waals surface area contributed by atoms with E-state index < -0.39 is 30.2 Å². The topological polar surface area (TPSA) is 259 Å². The molecule has 0 fully saturated rings. The van der Waals surface area contributed by atoms with Crippen LogP contribution in [0.2, 0.25) is 26.4 Å². The van der Waals surface area contributed by atoms with Crippen LogP contribution in [0, 0.1) is 0 Å². The van der Waals surface area contributed by atoms with Crippen LogP contribution in [0.1, 0.15) is 6.85 Å². The summed E-state index contributed by atoms with van der Waals surface area (Å²) in [5.41, 5.74) is 17.5. The highest BCUT2D eigenvalue weighted by Crippen LogP contribution is 2.42. The second kappa shape index (κ2) is 38.6. The summed E-state index contributed by atoms with van der Waals surface area (Å²) >= 11 is 31.2. The third kappa shape index (κ3) is 18.1. The molecular weight excluding hydrogens is 1900 g/mol. The molecule has 28 aromatic rings. The Balaban J connectivity index is 0.0000000994. The predicted octanol–water partition coefficient (Wildman–Crippen LogP) is 32.8. The van der Waals surface area contributed by atoms with Crippen molar-refractivity contribution >= 4 is 189 Å². The minimum Gasteiger partial charge on any atom is -0.456 e. The molecular formula is C119H68Cl5N15O5. The molecule has 0 aliphatic rings. The minimum absolute atomic E-state index is 0.100. The maximum atomic E-state index is 8.16. The second-order valence-electron chi connectivity index (χ2n) is 33.2. The molecule has 0 N–H and O–H groups in total. The summed E-state index contributed by atoms with van der Waals surface area (Å²) in [6, 6.07) is 123. The van der Waals surface area contributed by atoms with Gasteiger partial charge in [0.05, 0.1) is 6.85 Å². The molecule has 20 nitrogen and oxygen atoms in total. The highest BCUT2D eigenvalue weighted by atomic mass is 35.5. The SMILES string of the molecule is Clc1nc(-c2ccc3c(c2)oc2ccccc23)nc(-c2cccc3ccccc23)n1.Clc1nc(-c2ccc3c(c2)oc2ccccc23)nc(-c2ccccc2-c2ccccc2)n1.Clc1nc(-c2ccc3ccccc3c2)nc(-c2ccc3c(c2)oc2ccccc23)n1.Clc1nc(-c2ccccc2)nc(-c2ccc3c(c2)oc2ccccc23)n1.[2H]c1c([2H])c([2H])c(-c2nc(Cl)nc(-c3ccc4c(c3)oc3ccccc34)n2)c([2H])c1[2H]. The molecule has 0 bridgehead atoms. The van der Waals surface area contributed by atoms with Crippen LogP contribution in [0.5, 0.6) is 0 Å². The number of benzene rings is 18. The van der Waals surface area contributed by atoms with Crippen LogP contribution >= 0.6 is 58.0 Å². The van der Waals surface area contributed by atoms with Crippen molar-refractivity contribution in [3.05, 3.63) is 439 Å². The number of rotatable bonds is 11. The molecule has 10 heterocycles. The number of para-hydroxylation sites is 5. The van der Waals surface area contributed by atoms with Crippen molar-refractivity contribution in [2.24, 2.45) is 0 Å². The average molecular weight is 1970 g/mol. The lowest BCUT2D eigenvalue weighted by Crippen LogP contribution is -1.98. The maximum Gasteiger partial charge on any atom is 0.226 e. The van der Waals surface area contributed by atoms with E-state index in [0.29, 0.717) is 57.7 Å². The Labute approximate surface area is 850 Å². The van der Waals surface area contributed by atoms with E-state index in [1.807, 2.05) is 297 Å². The Hall–Kier alpha value is -18.0. The Morgan fingerprint density at radius 3 is 0.785 bits per heavy atom. The summed E-state index contributed by atoms with van der Waals surface area (Å²) in [6.45, 7) is 0. The van der Waals surface area contributed by atoms with Crippen LogP contribution in [0.3, 0.4) is 0 Å². The average Bonchev–Trinajstić information content (AvgIpc) is 1.74. The molecule has 144 heavy (non-hydrogen) atoms. The van der Waals surface area contributed by atoms with Crippen molar-refractivity contribution in [1.29, 1.82) is 0 Å². The fourth-order valence-electron chi connectivity index (χ4n) is 17.6. The van der Waals surface area contributed by atoms with E-state index in [2.05, 4.69) is 139 Å². The monoisotopic (exact) mass is 1970 g/mol. The second-order valence-corrected chi connectivity index (χ2v) is 34.9. The summed E-state index contributed by atoms with van der Waals surface area (Å²) in [5, 5.41) is 15.5. The smallest absolute Gasteiger partial charge is 0.226 e. The zero-order valence-electron chi connectivity index (χ0n) is 80.0. The Bertz CT molecular complexity index is 10100. The van der Waals surface area contributed by atoms with Crippen molar-refractivity contribution in [2.75, 3.05) is 0 Å². The molecule has 0 amide bonds. The van der Waals surface area contributed by atoms with Gasteiger partial charge in [0.1, 0.15) is 55.8 Å². The van der Waals surface area contributed by atoms with E-state index in [1.54, 1.807) is 6.07 Å². The van der Waals surface area contributed by atoms with Gasteiger partial charge in [-0.3, -0.25) is 0 Å². The highest BCUT2D eigenvalue weighted by Gasteiger charge is 2.23. The lowest BCUT2D eigenvalue weighted by Gasteiger charge is -2.10. The quantitative estimate of drug-likeness (QED) is 0.116. The van der Waals surface area contributed by atoms with Crippen LogP contribution in [-0.2, 0) is 0 Å². The summed E-state index contributed by atoms with van der Waals surface area (Å²) in [6.07, 6.45) is 0.